The van der Waals surface area contributed by atoms with E-state index in [1.807, 2.05) is 50.2 Å². The van der Waals surface area contributed by atoms with Gasteiger partial charge < -0.3 is 5.32 Å². The van der Waals surface area contributed by atoms with Crippen LogP contribution in [0.15, 0.2) is 42.5 Å². The Morgan fingerprint density at radius 2 is 1.86 bits per heavy atom. The van der Waals surface area contributed by atoms with Crippen molar-refractivity contribution in [1.29, 1.82) is 0 Å². The van der Waals surface area contributed by atoms with E-state index < -0.39 is 5.41 Å². The number of carbonyl (C=O) groups is 1. The summed E-state index contributed by atoms with van der Waals surface area (Å²) in [6, 6.07) is 14.1. The molecule has 0 radical (unpaired) electrons. The first kappa shape index (κ1) is 14.9. The topological polar surface area (TPSA) is 29.1 Å². The molecule has 0 saturated carbocycles. The van der Waals surface area contributed by atoms with Crippen LogP contribution in [0.1, 0.15) is 35.9 Å². The third-order valence-corrected chi connectivity index (χ3v) is 5.14. The van der Waals surface area contributed by atoms with E-state index >= 15 is 0 Å². The second-order valence-corrected chi connectivity index (χ2v) is 7.48. The van der Waals surface area contributed by atoms with Gasteiger partial charge in [0.05, 0.1) is 10.8 Å². The molecule has 2 aromatic rings. The van der Waals surface area contributed by atoms with Gasteiger partial charge in [0.25, 0.3) is 0 Å². The number of amides is 1. The average Bonchev–Trinajstić information content (AvgIpc) is 2.68. The number of hydrogen-bond donors (Lipinski definition) is 1. The van der Waals surface area contributed by atoms with Gasteiger partial charge in [-0.05, 0) is 71.3 Å². The summed E-state index contributed by atoms with van der Waals surface area (Å²) >= 11 is 8.91. The standard InChI is InChI=1S/C17H15ClINO/c1-17(2)13-9-11(6-7-14(13)20-16(17)21)15(18)10-4-3-5-12(19)8-10/h3-9,15H,1-2H3,(H,20,21). The lowest BCUT2D eigenvalue weighted by Crippen LogP contribution is -2.26. The highest BCUT2D eigenvalue weighted by atomic mass is 127. The molecule has 4 heteroatoms. The molecule has 1 amide bonds. The van der Waals surface area contributed by atoms with E-state index in [1.165, 1.54) is 0 Å². The molecular weight excluding hydrogens is 397 g/mol. The maximum Gasteiger partial charge on any atom is 0.234 e. The molecule has 0 saturated heterocycles. The Balaban J connectivity index is 2.02. The molecule has 108 valence electrons. The number of hydrogen-bond acceptors (Lipinski definition) is 1. The largest absolute Gasteiger partial charge is 0.325 e. The number of carbonyl (C=O) groups excluding carboxylic acids is 1. The van der Waals surface area contributed by atoms with Gasteiger partial charge in [-0.25, -0.2) is 0 Å². The van der Waals surface area contributed by atoms with E-state index in [1.54, 1.807) is 0 Å². The highest BCUT2D eigenvalue weighted by molar-refractivity contribution is 14.1. The van der Waals surface area contributed by atoms with E-state index in [2.05, 4.69) is 34.0 Å². The zero-order valence-electron chi connectivity index (χ0n) is 11.8. The van der Waals surface area contributed by atoms with Crippen LogP contribution in [0, 0.1) is 3.57 Å². The fourth-order valence-electron chi connectivity index (χ4n) is 2.60. The predicted octanol–water partition coefficient (Wildman–Crippen LogP) is 4.85. The number of anilines is 1. The van der Waals surface area contributed by atoms with Gasteiger partial charge >= 0.3 is 0 Å². The minimum absolute atomic E-state index is 0.0371. The molecule has 2 aromatic carbocycles. The zero-order valence-corrected chi connectivity index (χ0v) is 14.7. The smallest absolute Gasteiger partial charge is 0.234 e. The Morgan fingerprint density at radius 3 is 2.57 bits per heavy atom. The molecule has 21 heavy (non-hydrogen) atoms. The Hall–Kier alpha value is -1.07. The minimum atomic E-state index is -0.507. The first-order chi connectivity index (χ1) is 9.89. The Labute approximate surface area is 143 Å². The van der Waals surface area contributed by atoms with Crippen molar-refractivity contribution >= 4 is 45.8 Å². The van der Waals surface area contributed by atoms with E-state index in [9.17, 15) is 4.79 Å². The Bertz CT molecular complexity index is 726. The van der Waals surface area contributed by atoms with E-state index in [-0.39, 0.29) is 11.3 Å². The zero-order chi connectivity index (χ0) is 15.2. The van der Waals surface area contributed by atoms with Crippen LogP contribution in [0.5, 0.6) is 0 Å². The number of benzene rings is 2. The van der Waals surface area contributed by atoms with Crippen LogP contribution >= 0.6 is 34.2 Å². The summed E-state index contributed by atoms with van der Waals surface area (Å²) in [4.78, 5) is 12.0. The van der Waals surface area contributed by atoms with Gasteiger partial charge in [-0.2, -0.15) is 0 Å². The summed E-state index contributed by atoms with van der Waals surface area (Å²) in [6.45, 7) is 3.87. The summed E-state index contributed by atoms with van der Waals surface area (Å²) in [5.41, 5.74) is 3.48. The van der Waals surface area contributed by atoms with Crippen molar-refractivity contribution in [3.8, 4) is 0 Å². The molecule has 0 spiro atoms. The first-order valence-corrected chi connectivity index (χ1v) is 8.26. The molecule has 2 nitrogen and oxygen atoms in total. The van der Waals surface area contributed by atoms with Crippen molar-refractivity contribution in [2.24, 2.45) is 0 Å². The van der Waals surface area contributed by atoms with Gasteiger partial charge in [-0.15, -0.1) is 11.6 Å². The molecule has 1 atom stereocenters. The molecule has 1 aliphatic heterocycles. The highest BCUT2D eigenvalue weighted by Gasteiger charge is 2.38. The van der Waals surface area contributed by atoms with Crippen LogP contribution in [-0.4, -0.2) is 5.91 Å². The molecule has 1 unspecified atom stereocenters. The Kier molecular flexibility index (Phi) is 3.74. The molecule has 1 heterocycles. The first-order valence-electron chi connectivity index (χ1n) is 6.75. The molecule has 0 aliphatic carbocycles. The molecular formula is C17H15ClINO. The molecule has 0 fully saturated rings. The van der Waals surface area contributed by atoms with Crippen molar-refractivity contribution in [2.45, 2.75) is 24.6 Å². The monoisotopic (exact) mass is 411 g/mol. The second-order valence-electron chi connectivity index (χ2n) is 5.80. The van der Waals surface area contributed by atoms with Crippen LogP contribution in [0.4, 0.5) is 5.69 Å². The maximum atomic E-state index is 12.0. The van der Waals surface area contributed by atoms with E-state index in [0.29, 0.717) is 0 Å². The number of rotatable bonds is 2. The highest BCUT2D eigenvalue weighted by Crippen LogP contribution is 2.40. The molecule has 0 aromatic heterocycles. The predicted molar refractivity (Wildman–Crippen MR) is 95.0 cm³/mol. The van der Waals surface area contributed by atoms with Gasteiger partial charge in [-0.1, -0.05) is 24.3 Å². The van der Waals surface area contributed by atoms with Gasteiger partial charge in [-0.3, -0.25) is 4.79 Å². The van der Waals surface area contributed by atoms with Crippen LogP contribution in [0.3, 0.4) is 0 Å². The summed E-state index contributed by atoms with van der Waals surface area (Å²) in [5.74, 6) is 0.0371. The number of alkyl halides is 1. The van der Waals surface area contributed by atoms with E-state index in [0.717, 1.165) is 25.9 Å². The lowest BCUT2D eigenvalue weighted by Gasteiger charge is -2.17. The summed E-state index contributed by atoms with van der Waals surface area (Å²) in [7, 11) is 0. The molecule has 1 aliphatic rings. The van der Waals surface area contributed by atoms with Crippen LogP contribution in [-0.2, 0) is 10.2 Å². The third kappa shape index (κ3) is 2.57. The lowest BCUT2D eigenvalue weighted by molar-refractivity contribution is -0.119. The quantitative estimate of drug-likeness (QED) is 0.555. The van der Waals surface area contributed by atoms with Crippen molar-refractivity contribution in [2.75, 3.05) is 5.32 Å². The Morgan fingerprint density at radius 1 is 1.14 bits per heavy atom. The molecule has 1 N–H and O–H groups in total. The van der Waals surface area contributed by atoms with Gasteiger partial charge in [0.2, 0.25) is 5.91 Å². The molecule has 3 rings (SSSR count). The van der Waals surface area contributed by atoms with E-state index in [4.69, 9.17) is 11.6 Å². The fraction of sp³-hybridized carbons (Fsp3) is 0.235. The summed E-state index contributed by atoms with van der Waals surface area (Å²) in [5, 5.41) is 2.71. The summed E-state index contributed by atoms with van der Waals surface area (Å²) in [6.07, 6.45) is 0. The average molecular weight is 412 g/mol. The summed E-state index contributed by atoms with van der Waals surface area (Å²) < 4.78 is 1.16. The van der Waals surface area contributed by atoms with Crippen molar-refractivity contribution in [1.82, 2.24) is 0 Å². The van der Waals surface area contributed by atoms with Crippen LogP contribution < -0.4 is 5.32 Å². The van der Waals surface area contributed by atoms with Crippen molar-refractivity contribution in [3.63, 3.8) is 0 Å². The maximum absolute atomic E-state index is 12.0. The molecule has 0 bridgehead atoms. The van der Waals surface area contributed by atoms with Gasteiger partial charge in [0, 0.05) is 9.26 Å². The number of nitrogens with one attached hydrogen (secondary N) is 1. The van der Waals surface area contributed by atoms with Crippen molar-refractivity contribution < 1.29 is 4.79 Å². The van der Waals surface area contributed by atoms with Crippen LogP contribution in [0.25, 0.3) is 0 Å². The van der Waals surface area contributed by atoms with Crippen molar-refractivity contribution in [3.05, 3.63) is 62.7 Å². The second kappa shape index (κ2) is 5.29. The lowest BCUT2D eigenvalue weighted by atomic mass is 9.85. The van der Waals surface area contributed by atoms with Gasteiger partial charge in [0.1, 0.15) is 0 Å². The SMILES string of the molecule is CC1(C)C(=O)Nc2ccc(C(Cl)c3cccc(I)c3)cc21. The number of halogens is 2. The normalized spacial score (nSPS) is 17.2. The fourth-order valence-corrected chi connectivity index (χ4v) is 3.44. The van der Waals surface area contributed by atoms with Crippen LogP contribution in [0.2, 0.25) is 0 Å². The number of fused-ring (bicyclic) bond motifs is 1. The minimum Gasteiger partial charge on any atom is -0.325 e. The van der Waals surface area contributed by atoms with Gasteiger partial charge in [0.15, 0.2) is 0 Å². The third-order valence-electron chi connectivity index (χ3n) is 3.97.